The predicted molar refractivity (Wildman–Crippen MR) is 251 cm³/mol. The quantitative estimate of drug-likeness (QED) is 0.0873. The number of ether oxygens (including phenoxy) is 2. The molecule has 8 rings (SSSR count). The number of para-hydroxylation sites is 2. The average Bonchev–Trinajstić information content (AvgIpc) is 3.35. The van der Waals surface area contributed by atoms with Crippen LogP contribution in [-0.4, -0.2) is 79.3 Å². The van der Waals surface area contributed by atoms with Gasteiger partial charge in [0.2, 0.25) is 5.91 Å². The Kier molecular flexibility index (Phi) is 19.3. The van der Waals surface area contributed by atoms with Gasteiger partial charge in [-0.1, -0.05) is 97.1 Å². The Morgan fingerprint density at radius 2 is 0.955 bits per heavy atom. The van der Waals surface area contributed by atoms with Gasteiger partial charge < -0.3 is 25.6 Å². The Bertz CT molecular complexity index is 2400. The summed E-state index contributed by atoms with van der Waals surface area (Å²) in [5.74, 6) is -0.778. The zero-order valence-electron chi connectivity index (χ0n) is 37.4. The van der Waals surface area contributed by atoms with E-state index < -0.39 is 23.9 Å². The third kappa shape index (κ3) is 15.8. The van der Waals surface area contributed by atoms with Gasteiger partial charge in [-0.3, -0.25) is 19.4 Å². The largest absolute Gasteiger partial charge is 0.492 e. The zero-order chi connectivity index (χ0) is 47.4. The molecule has 0 saturated carbocycles. The summed E-state index contributed by atoms with van der Waals surface area (Å²) in [5, 5.41) is 11.9. The van der Waals surface area contributed by atoms with Gasteiger partial charge in [-0.2, -0.15) is 0 Å². The average molecular weight is 919 g/mol. The van der Waals surface area contributed by atoms with Crippen LogP contribution < -0.4 is 20.5 Å². The topological polar surface area (TPSA) is 117 Å². The molecule has 2 heterocycles. The molecule has 2 aliphatic rings. The zero-order valence-corrected chi connectivity index (χ0v) is 37.4. The van der Waals surface area contributed by atoms with Gasteiger partial charge in [-0.25, -0.2) is 17.6 Å². The summed E-state index contributed by atoms with van der Waals surface area (Å²) in [6.07, 6.45) is 2.95. The number of halogens is 4. The van der Waals surface area contributed by atoms with E-state index in [2.05, 4.69) is 15.1 Å². The van der Waals surface area contributed by atoms with Gasteiger partial charge in [0.05, 0.1) is 18.0 Å². The molecule has 0 aromatic heterocycles. The summed E-state index contributed by atoms with van der Waals surface area (Å²) in [5.41, 5.74) is 8.01. The fourth-order valence-corrected chi connectivity index (χ4v) is 7.98. The number of carboxylic acid groups (broad SMARTS) is 1. The highest BCUT2D eigenvalue weighted by Crippen LogP contribution is 2.27. The van der Waals surface area contributed by atoms with Crippen molar-refractivity contribution in [3.8, 4) is 11.5 Å². The molecular weight excluding hydrogens is 861 g/mol. The monoisotopic (exact) mass is 918 g/mol. The molecule has 13 heteroatoms. The summed E-state index contributed by atoms with van der Waals surface area (Å²) >= 11 is 0. The van der Waals surface area contributed by atoms with Crippen LogP contribution in [0.25, 0.3) is 0 Å². The number of likely N-dealkylation sites (tertiary alicyclic amines) is 2. The van der Waals surface area contributed by atoms with Crippen molar-refractivity contribution in [2.75, 3.05) is 52.5 Å². The number of piperidine rings is 2. The third-order valence-corrected chi connectivity index (χ3v) is 11.9. The summed E-state index contributed by atoms with van der Waals surface area (Å²) in [6.45, 7) is 6.24. The minimum atomic E-state index is -0.670. The molecule has 9 nitrogen and oxygen atoms in total. The highest BCUT2D eigenvalue weighted by atomic mass is 19.1. The van der Waals surface area contributed by atoms with E-state index in [1.54, 1.807) is 60.7 Å². The number of aliphatic carboxylic acids is 1. The lowest BCUT2D eigenvalue weighted by Gasteiger charge is -2.32. The molecule has 2 atom stereocenters. The van der Waals surface area contributed by atoms with Crippen molar-refractivity contribution in [2.24, 2.45) is 17.6 Å². The Morgan fingerprint density at radius 3 is 1.40 bits per heavy atom. The van der Waals surface area contributed by atoms with Crippen LogP contribution >= 0.6 is 0 Å². The van der Waals surface area contributed by atoms with Crippen LogP contribution in [0.2, 0.25) is 0 Å². The minimum Gasteiger partial charge on any atom is -0.492 e. The summed E-state index contributed by atoms with van der Waals surface area (Å²) in [4.78, 5) is 28.5. The molecule has 67 heavy (non-hydrogen) atoms. The number of amides is 1. The van der Waals surface area contributed by atoms with E-state index in [-0.39, 0.29) is 35.2 Å². The molecule has 1 amide bonds. The SMILES string of the molecule is NC(c1ccc(F)cc1)c1ccccc1F.O=C(NC(c1ccc(F)cc1)c1ccccc1F)C1CCN(CCOc2ccccc2)CC1.O=C(O)C1CCN(CCOc2ccccc2)CC1. The van der Waals surface area contributed by atoms with Gasteiger partial charge in [0.25, 0.3) is 0 Å². The number of nitrogens with zero attached hydrogens (tertiary/aromatic N) is 2. The lowest BCUT2D eigenvalue weighted by Crippen LogP contribution is -2.43. The second kappa shape index (κ2) is 26.0. The molecule has 4 N–H and O–H groups in total. The van der Waals surface area contributed by atoms with Gasteiger partial charge in [-0.15, -0.1) is 0 Å². The molecule has 2 saturated heterocycles. The van der Waals surface area contributed by atoms with Gasteiger partial charge in [-0.05, 0) is 124 Å². The fraction of sp³-hybridized carbons (Fsp3) is 0.296. The van der Waals surface area contributed by atoms with Gasteiger partial charge in [0.15, 0.2) is 0 Å². The van der Waals surface area contributed by atoms with Crippen LogP contribution in [-0.2, 0) is 9.59 Å². The molecule has 0 spiro atoms. The van der Waals surface area contributed by atoms with Crippen molar-refractivity contribution in [3.05, 3.63) is 203 Å². The fourth-order valence-electron chi connectivity index (χ4n) is 7.98. The first-order valence-electron chi connectivity index (χ1n) is 22.6. The summed E-state index contributed by atoms with van der Waals surface area (Å²) < 4.78 is 65.5. The van der Waals surface area contributed by atoms with E-state index in [1.165, 1.54) is 36.4 Å². The number of rotatable bonds is 15. The molecule has 2 unspecified atom stereocenters. The molecule has 2 aliphatic heterocycles. The number of hydrogen-bond acceptors (Lipinski definition) is 7. The maximum absolute atomic E-state index is 14.5. The van der Waals surface area contributed by atoms with Gasteiger partial charge in [0.1, 0.15) is 48.0 Å². The van der Waals surface area contributed by atoms with Crippen molar-refractivity contribution >= 4 is 11.9 Å². The first kappa shape index (κ1) is 49.9. The third-order valence-electron chi connectivity index (χ3n) is 11.9. The van der Waals surface area contributed by atoms with Crippen LogP contribution in [0.1, 0.15) is 60.0 Å². The molecule has 6 aromatic carbocycles. The number of nitrogens with two attached hydrogens (primary N) is 1. The van der Waals surface area contributed by atoms with Crippen molar-refractivity contribution in [3.63, 3.8) is 0 Å². The highest BCUT2D eigenvalue weighted by molar-refractivity contribution is 5.79. The van der Waals surface area contributed by atoms with E-state index in [0.29, 0.717) is 35.5 Å². The Hall–Kier alpha value is -6.54. The number of hydrogen-bond donors (Lipinski definition) is 3. The normalized spacial score (nSPS) is 15.4. The standard InChI is InChI=1S/C27H28F2N2O2.C14H19NO3.C13H11F2N/c28-22-12-10-20(11-13-22)26(24-8-4-5-9-25(24)29)30-27(32)21-14-16-31(17-15-21)18-19-33-23-6-2-1-3-7-23;16-14(17)12-6-8-15(9-7-12)10-11-18-13-4-2-1-3-5-13;14-10-7-5-9(6-8-10)13(16)11-3-1-2-4-12(11)15/h1-13,21,26H,14-19H2,(H,30,32);1-5,12H,6-11H2,(H,16,17);1-8,13H,16H2. The van der Waals surface area contributed by atoms with E-state index in [0.717, 1.165) is 76.5 Å². The number of nitrogens with one attached hydrogen (secondary N) is 1. The maximum Gasteiger partial charge on any atom is 0.306 e. The van der Waals surface area contributed by atoms with Gasteiger partial charge in [0, 0.05) is 30.1 Å². The van der Waals surface area contributed by atoms with E-state index in [9.17, 15) is 27.2 Å². The van der Waals surface area contributed by atoms with Crippen molar-refractivity contribution < 1.29 is 41.7 Å². The number of benzene rings is 6. The number of carbonyl (C=O) groups excluding carboxylic acids is 1. The Balaban J connectivity index is 0.000000183. The first-order valence-corrected chi connectivity index (χ1v) is 22.6. The Morgan fingerprint density at radius 1 is 0.552 bits per heavy atom. The summed E-state index contributed by atoms with van der Waals surface area (Å²) in [6, 6.07) is 42.5. The van der Waals surface area contributed by atoms with Crippen LogP contribution in [0.5, 0.6) is 11.5 Å². The Labute approximate surface area is 390 Å². The molecule has 352 valence electrons. The molecule has 0 aliphatic carbocycles. The number of carboxylic acids is 1. The molecular formula is C54H58F4N4O5. The molecule has 6 aromatic rings. The van der Waals surface area contributed by atoms with Crippen LogP contribution in [0.15, 0.2) is 158 Å². The van der Waals surface area contributed by atoms with E-state index in [1.807, 2.05) is 60.7 Å². The molecule has 0 radical (unpaired) electrons. The van der Waals surface area contributed by atoms with Crippen molar-refractivity contribution in [2.45, 2.75) is 37.8 Å². The minimum absolute atomic E-state index is 0.104. The lowest BCUT2D eigenvalue weighted by molar-refractivity contribution is -0.143. The van der Waals surface area contributed by atoms with E-state index in [4.69, 9.17) is 20.3 Å². The van der Waals surface area contributed by atoms with Gasteiger partial charge >= 0.3 is 5.97 Å². The smallest absolute Gasteiger partial charge is 0.306 e. The van der Waals surface area contributed by atoms with Crippen molar-refractivity contribution in [1.82, 2.24) is 15.1 Å². The van der Waals surface area contributed by atoms with Crippen molar-refractivity contribution in [1.29, 1.82) is 0 Å². The second-order valence-electron chi connectivity index (χ2n) is 16.5. The maximum atomic E-state index is 14.5. The molecule has 0 bridgehead atoms. The first-order chi connectivity index (χ1) is 32.5. The highest BCUT2D eigenvalue weighted by Gasteiger charge is 2.29. The molecule has 2 fully saturated rings. The lowest BCUT2D eigenvalue weighted by atomic mass is 9.93. The van der Waals surface area contributed by atoms with Crippen LogP contribution in [0.4, 0.5) is 17.6 Å². The number of carbonyl (C=O) groups is 2. The van der Waals surface area contributed by atoms with E-state index >= 15 is 0 Å². The van der Waals surface area contributed by atoms with Crippen LogP contribution in [0, 0.1) is 35.1 Å². The second-order valence-corrected chi connectivity index (χ2v) is 16.5. The summed E-state index contributed by atoms with van der Waals surface area (Å²) in [7, 11) is 0. The van der Waals surface area contributed by atoms with Crippen LogP contribution in [0.3, 0.4) is 0 Å². The predicted octanol–water partition coefficient (Wildman–Crippen LogP) is 9.84.